The molecule has 2 N–H and O–H groups in total. The molecule has 0 saturated heterocycles. The van der Waals surface area contributed by atoms with E-state index in [-0.39, 0.29) is 12.3 Å². The molecule has 0 heterocycles. The summed E-state index contributed by atoms with van der Waals surface area (Å²) in [6.45, 7) is 2.26. The lowest BCUT2D eigenvalue weighted by Crippen LogP contribution is -2.56. The Morgan fingerprint density at radius 3 is 2.03 bits per heavy atom. The van der Waals surface area contributed by atoms with Crippen molar-refractivity contribution in [3.8, 4) is 0 Å². The van der Waals surface area contributed by atoms with Gasteiger partial charge in [0.15, 0.2) is 0 Å². The number of hydrogen-bond acceptors (Lipinski definition) is 3. The third-order valence-electron chi connectivity index (χ3n) is 5.55. The van der Waals surface area contributed by atoms with E-state index in [1.54, 1.807) is 0 Å². The van der Waals surface area contributed by atoms with Crippen molar-refractivity contribution < 1.29 is 4.79 Å². The highest BCUT2D eigenvalue weighted by molar-refractivity contribution is 5.96. The molecule has 0 unspecified atom stereocenters. The summed E-state index contributed by atoms with van der Waals surface area (Å²) in [4.78, 5) is 14.5. The number of aryl methyl sites for hydroxylation is 1. The molecule has 3 aromatic carbocycles. The number of rotatable bonds is 9. The highest BCUT2D eigenvalue weighted by Crippen LogP contribution is 2.26. The number of amidine groups is 1. The average molecular weight is 400 g/mol. The minimum absolute atomic E-state index is 0.153. The quantitative estimate of drug-likeness (QED) is 0.314. The fourth-order valence-electron chi connectivity index (χ4n) is 3.48. The SMILES string of the molecule is CN(C(=N)c1ccccc1)[C@@](C)(NCC(=O)CCc1ccccc1)c1ccccc1. The molecule has 3 aromatic rings. The van der Waals surface area contributed by atoms with Crippen LogP contribution in [0.15, 0.2) is 91.0 Å². The van der Waals surface area contributed by atoms with Crippen molar-refractivity contribution in [3.05, 3.63) is 108 Å². The van der Waals surface area contributed by atoms with Crippen LogP contribution < -0.4 is 5.32 Å². The van der Waals surface area contributed by atoms with Gasteiger partial charge in [-0.1, -0.05) is 91.0 Å². The fraction of sp³-hybridized carbons (Fsp3) is 0.231. The normalized spacial score (nSPS) is 12.7. The molecule has 4 heteroatoms. The van der Waals surface area contributed by atoms with Crippen LogP contribution in [-0.2, 0) is 16.9 Å². The van der Waals surface area contributed by atoms with Gasteiger partial charge in [-0.05, 0) is 24.5 Å². The Balaban J connectivity index is 1.74. The molecule has 0 aliphatic heterocycles. The van der Waals surface area contributed by atoms with Gasteiger partial charge in [-0.3, -0.25) is 15.5 Å². The zero-order valence-electron chi connectivity index (χ0n) is 17.6. The third-order valence-corrected chi connectivity index (χ3v) is 5.55. The summed E-state index contributed by atoms with van der Waals surface area (Å²) < 4.78 is 0. The first-order valence-electron chi connectivity index (χ1n) is 10.2. The first-order chi connectivity index (χ1) is 14.5. The lowest BCUT2D eigenvalue weighted by atomic mass is 9.97. The lowest BCUT2D eigenvalue weighted by molar-refractivity contribution is -0.118. The van der Waals surface area contributed by atoms with Gasteiger partial charge in [0.25, 0.3) is 0 Å². The molecule has 0 aromatic heterocycles. The van der Waals surface area contributed by atoms with Crippen LogP contribution >= 0.6 is 0 Å². The van der Waals surface area contributed by atoms with Gasteiger partial charge in [-0.15, -0.1) is 0 Å². The van der Waals surface area contributed by atoms with Crippen LogP contribution in [0, 0.1) is 5.41 Å². The van der Waals surface area contributed by atoms with Gasteiger partial charge in [-0.2, -0.15) is 0 Å². The standard InChI is InChI=1S/C26H29N3O/c1-26(23-16-10-5-11-17-23,29(2)25(27)22-14-8-4-9-15-22)28-20-24(30)19-18-21-12-6-3-7-13-21/h3-17,27-28H,18-20H2,1-2H3/t26-/m1/s1. The highest BCUT2D eigenvalue weighted by Gasteiger charge is 2.33. The van der Waals surface area contributed by atoms with E-state index in [2.05, 4.69) is 5.32 Å². The van der Waals surface area contributed by atoms with Crippen molar-refractivity contribution in [1.29, 1.82) is 5.41 Å². The second-order valence-corrected chi connectivity index (χ2v) is 7.59. The van der Waals surface area contributed by atoms with Crippen molar-refractivity contribution in [3.63, 3.8) is 0 Å². The van der Waals surface area contributed by atoms with Gasteiger partial charge in [-0.25, -0.2) is 0 Å². The summed E-state index contributed by atoms with van der Waals surface area (Å²) in [6.07, 6.45) is 1.22. The zero-order valence-corrected chi connectivity index (χ0v) is 17.6. The van der Waals surface area contributed by atoms with Crippen molar-refractivity contribution in [2.45, 2.75) is 25.4 Å². The van der Waals surface area contributed by atoms with Crippen molar-refractivity contribution in [2.75, 3.05) is 13.6 Å². The summed E-state index contributed by atoms with van der Waals surface area (Å²) >= 11 is 0. The number of ketones is 1. The number of carbonyl (C=O) groups is 1. The Kier molecular flexibility index (Phi) is 7.15. The molecule has 0 saturated carbocycles. The van der Waals surface area contributed by atoms with Crippen LogP contribution in [0.1, 0.15) is 30.0 Å². The van der Waals surface area contributed by atoms with E-state index in [9.17, 15) is 4.79 Å². The summed E-state index contributed by atoms with van der Waals surface area (Å²) in [5.41, 5.74) is 2.30. The van der Waals surface area contributed by atoms with Crippen LogP contribution in [0.25, 0.3) is 0 Å². The summed E-state index contributed by atoms with van der Waals surface area (Å²) in [7, 11) is 1.89. The molecule has 0 fully saturated rings. The Bertz CT molecular complexity index is 957. The molecule has 154 valence electrons. The van der Waals surface area contributed by atoms with E-state index in [4.69, 9.17) is 5.41 Å². The number of nitrogens with one attached hydrogen (secondary N) is 2. The van der Waals surface area contributed by atoms with Gasteiger partial charge < -0.3 is 4.90 Å². The van der Waals surface area contributed by atoms with Crippen molar-refractivity contribution in [1.82, 2.24) is 10.2 Å². The Hall–Kier alpha value is -3.24. The zero-order chi connectivity index (χ0) is 21.4. The molecular formula is C26H29N3O. The number of Topliss-reactive ketones (excluding diaryl/α,β-unsaturated/α-hetero) is 1. The molecule has 0 aliphatic carbocycles. The minimum Gasteiger partial charge on any atom is -0.338 e. The van der Waals surface area contributed by atoms with Gasteiger partial charge in [0.2, 0.25) is 0 Å². The molecule has 0 bridgehead atoms. The highest BCUT2D eigenvalue weighted by atomic mass is 16.1. The van der Waals surface area contributed by atoms with Crippen LogP contribution in [0.2, 0.25) is 0 Å². The van der Waals surface area contributed by atoms with E-state index in [1.807, 2.05) is 110 Å². The summed E-state index contributed by atoms with van der Waals surface area (Å²) in [6, 6.07) is 29.7. The van der Waals surface area contributed by atoms with Crippen LogP contribution in [0.5, 0.6) is 0 Å². The molecule has 1 atom stereocenters. The van der Waals surface area contributed by atoms with E-state index >= 15 is 0 Å². The number of nitrogens with zero attached hydrogens (tertiary/aromatic N) is 1. The van der Waals surface area contributed by atoms with E-state index in [0.717, 1.165) is 17.5 Å². The van der Waals surface area contributed by atoms with Crippen LogP contribution in [0.3, 0.4) is 0 Å². The predicted molar refractivity (Wildman–Crippen MR) is 123 cm³/mol. The number of benzene rings is 3. The third kappa shape index (κ3) is 5.22. The monoisotopic (exact) mass is 399 g/mol. The predicted octanol–water partition coefficient (Wildman–Crippen LogP) is 4.61. The first kappa shape index (κ1) is 21.5. The largest absolute Gasteiger partial charge is 0.338 e. The van der Waals surface area contributed by atoms with Crippen molar-refractivity contribution in [2.24, 2.45) is 0 Å². The molecule has 0 aliphatic rings. The van der Waals surface area contributed by atoms with Crippen molar-refractivity contribution >= 4 is 11.6 Å². The molecule has 4 nitrogen and oxygen atoms in total. The maximum atomic E-state index is 12.6. The van der Waals surface area contributed by atoms with E-state index in [0.29, 0.717) is 12.3 Å². The maximum absolute atomic E-state index is 12.6. The Morgan fingerprint density at radius 1 is 0.900 bits per heavy atom. The molecule has 0 spiro atoms. The second kappa shape index (κ2) is 9.99. The smallest absolute Gasteiger partial charge is 0.147 e. The second-order valence-electron chi connectivity index (χ2n) is 7.59. The molecule has 3 rings (SSSR count). The summed E-state index contributed by atoms with van der Waals surface area (Å²) in [5, 5.41) is 12.2. The number of carbonyl (C=O) groups excluding carboxylic acids is 1. The molecular weight excluding hydrogens is 370 g/mol. The molecule has 0 amide bonds. The Labute approximate surface area is 179 Å². The van der Waals surface area contributed by atoms with Crippen LogP contribution in [-0.4, -0.2) is 30.1 Å². The van der Waals surface area contributed by atoms with Gasteiger partial charge >= 0.3 is 0 Å². The van der Waals surface area contributed by atoms with Crippen LogP contribution in [0.4, 0.5) is 0 Å². The minimum atomic E-state index is -0.698. The first-order valence-corrected chi connectivity index (χ1v) is 10.2. The average Bonchev–Trinajstić information content (AvgIpc) is 2.82. The lowest BCUT2D eigenvalue weighted by Gasteiger charge is -2.41. The fourth-order valence-corrected chi connectivity index (χ4v) is 3.48. The van der Waals surface area contributed by atoms with Gasteiger partial charge in [0.05, 0.1) is 6.54 Å². The van der Waals surface area contributed by atoms with Gasteiger partial charge in [0, 0.05) is 19.0 Å². The topological polar surface area (TPSA) is 56.2 Å². The van der Waals surface area contributed by atoms with E-state index < -0.39 is 5.66 Å². The van der Waals surface area contributed by atoms with E-state index in [1.165, 1.54) is 5.56 Å². The van der Waals surface area contributed by atoms with Gasteiger partial charge in [0.1, 0.15) is 17.3 Å². The Morgan fingerprint density at radius 2 is 1.43 bits per heavy atom. The molecule has 0 radical (unpaired) electrons. The number of hydrogen-bond donors (Lipinski definition) is 2. The maximum Gasteiger partial charge on any atom is 0.147 e. The molecule has 30 heavy (non-hydrogen) atoms. The summed E-state index contributed by atoms with van der Waals surface area (Å²) in [5.74, 6) is 0.548.